The highest BCUT2D eigenvalue weighted by Gasteiger charge is 2.23. The van der Waals surface area contributed by atoms with Gasteiger partial charge in [-0.2, -0.15) is 0 Å². The van der Waals surface area contributed by atoms with Crippen molar-refractivity contribution in [2.45, 2.75) is 0 Å². The van der Waals surface area contributed by atoms with E-state index < -0.39 is 6.16 Å². The zero-order valence-corrected chi connectivity index (χ0v) is 14.7. The molecule has 0 saturated carbocycles. The molecule has 1 aromatic heterocycles. The number of ether oxygens (including phenoxy) is 2. The first-order valence-corrected chi connectivity index (χ1v) is 8.83. The van der Waals surface area contributed by atoms with E-state index in [0.717, 1.165) is 27.9 Å². The highest BCUT2D eigenvalue weighted by molar-refractivity contribution is 5.85. The Hall–Kier alpha value is -3.25. The molecule has 0 atom stereocenters. The van der Waals surface area contributed by atoms with Crippen molar-refractivity contribution in [2.24, 2.45) is 0 Å². The van der Waals surface area contributed by atoms with Gasteiger partial charge in [0.25, 0.3) is 0 Å². The quantitative estimate of drug-likeness (QED) is 0.677. The fraction of sp³-hybridized carbons (Fsp3) is 0.190. The standard InChI is InChI=1S/C21H20N2O4/c24-21(25)27-20-19(23-10-12-26-13-11-23)18(14-22-20)17-8-6-16(7-9-17)15-4-2-1-3-5-15/h1-9,14,22H,10-13H2,(H,24,25). The number of morpholine rings is 1. The van der Waals surface area contributed by atoms with Crippen molar-refractivity contribution < 1.29 is 19.4 Å². The van der Waals surface area contributed by atoms with Crippen molar-refractivity contribution in [1.29, 1.82) is 0 Å². The fourth-order valence-corrected chi connectivity index (χ4v) is 3.36. The molecule has 2 aromatic carbocycles. The summed E-state index contributed by atoms with van der Waals surface area (Å²) >= 11 is 0. The first-order valence-electron chi connectivity index (χ1n) is 8.83. The Balaban J connectivity index is 1.70. The number of carbonyl (C=O) groups is 1. The van der Waals surface area contributed by atoms with Crippen molar-refractivity contribution in [3.8, 4) is 28.1 Å². The maximum absolute atomic E-state index is 11.1. The Labute approximate surface area is 157 Å². The number of aromatic amines is 1. The molecule has 0 bridgehead atoms. The molecule has 0 amide bonds. The van der Waals surface area contributed by atoms with Gasteiger partial charge in [-0.05, 0) is 16.7 Å². The molecule has 2 N–H and O–H groups in total. The average Bonchev–Trinajstić information content (AvgIpc) is 3.12. The molecule has 0 aliphatic carbocycles. The minimum absolute atomic E-state index is 0.242. The Morgan fingerprint density at radius 2 is 1.59 bits per heavy atom. The van der Waals surface area contributed by atoms with Gasteiger partial charge in [0, 0.05) is 24.8 Å². The molecule has 1 saturated heterocycles. The molecule has 27 heavy (non-hydrogen) atoms. The summed E-state index contributed by atoms with van der Waals surface area (Å²) in [5.41, 5.74) is 4.94. The van der Waals surface area contributed by atoms with Crippen LogP contribution >= 0.6 is 0 Å². The summed E-state index contributed by atoms with van der Waals surface area (Å²) in [6.45, 7) is 2.57. The summed E-state index contributed by atoms with van der Waals surface area (Å²) in [7, 11) is 0. The third-order valence-electron chi connectivity index (χ3n) is 4.64. The Kier molecular flexibility index (Phi) is 4.80. The van der Waals surface area contributed by atoms with Crippen molar-refractivity contribution in [3.05, 3.63) is 60.8 Å². The van der Waals surface area contributed by atoms with E-state index in [0.29, 0.717) is 26.3 Å². The third-order valence-corrected chi connectivity index (χ3v) is 4.64. The van der Waals surface area contributed by atoms with Gasteiger partial charge in [-0.3, -0.25) is 0 Å². The minimum atomic E-state index is -1.34. The van der Waals surface area contributed by atoms with Crippen molar-refractivity contribution in [1.82, 2.24) is 4.98 Å². The molecular formula is C21H20N2O4. The molecule has 2 heterocycles. The lowest BCUT2D eigenvalue weighted by Gasteiger charge is -2.29. The van der Waals surface area contributed by atoms with Crippen LogP contribution in [0, 0.1) is 0 Å². The van der Waals surface area contributed by atoms with Gasteiger partial charge in [-0.15, -0.1) is 0 Å². The van der Waals surface area contributed by atoms with Crippen LogP contribution in [0.4, 0.5) is 10.5 Å². The second kappa shape index (κ2) is 7.55. The number of benzene rings is 2. The van der Waals surface area contributed by atoms with Crippen LogP contribution in [-0.2, 0) is 4.74 Å². The van der Waals surface area contributed by atoms with Crippen molar-refractivity contribution >= 4 is 11.8 Å². The lowest BCUT2D eigenvalue weighted by atomic mass is 10.0. The molecule has 6 heteroatoms. The van der Waals surface area contributed by atoms with Crippen LogP contribution in [0.2, 0.25) is 0 Å². The number of hydrogen-bond donors (Lipinski definition) is 2. The predicted molar refractivity (Wildman–Crippen MR) is 103 cm³/mol. The first kappa shape index (κ1) is 17.2. The SMILES string of the molecule is O=C(O)Oc1[nH]cc(-c2ccc(-c3ccccc3)cc2)c1N1CCOCC1. The Bertz CT molecular complexity index is 913. The minimum Gasteiger partial charge on any atom is -0.449 e. The largest absolute Gasteiger partial charge is 0.512 e. The van der Waals surface area contributed by atoms with Gasteiger partial charge in [0.1, 0.15) is 5.69 Å². The van der Waals surface area contributed by atoms with E-state index in [2.05, 4.69) is 34.1 Å². The van der Waals surface area contributed by atoms with Crippen LogP contribution in [0.1, 0.15) is 0 Å². The van der Waals surface area contributed by atoms with Gasteiger partial charge in [0.2, 0.25) is 5.88 Å². The van der Waals surface area contributed by atoms with Crippen LogP contribution in [0.3, 0.4) is 0 Å². The molecule has 6 nitrogen and oxygen atoms in total. The number of carboxylic acid groups (broad SMARTS) is 1. The summed E-state index contributed by atoms with van der Waals surface area (Å²) in [5.74, 6) is 0.242. The molecule has 0 spiro atoms. The number of rotatable bonds is 4. The van der Waals surface area contributed by atoms with E-state index in [-0.39, 0.29) is 5.88 Å². The lowest BCUT2D eigenvalue weighted by molar-refractivity contribution is 0.122. The molecule has 1 fully saturated rings. The van der Waals surface area contributed by atoms with Crippen LogP contribution in [0.25, 0.3) is 22.3 Å². The molecule has 138 valence electrons. The Morgan fingerprint density at radius 3 is 2.26 bits per heavy atom. The average molecular weight is 364 g/mol. The predicted octanol–water partition coefficient (Wildman–Crippen LogP) is 4.24. The number of anilines is 1. The lowest BCUT2D eigenvalue weighted by Crippen LogP contribution is -2.36. The van der Waals surface area contributed by atoms with Crippen LogP contribution in [-0.4, -0.2) is 42.5 Å². The van der Waals surface area contributed by atoms with E-state index in [1.54, 1.807) is 6.20 Å². The molecule has 1 aliphatic heterocycles. The van der Waals surface area contributed by atoms with Crippen molar-refractivity contribution in [3.63, 3.8) is 0 Å². The van der Waals surface area contributed by atoms with E-state index in [1.807, 2.05) is 30.3 Å². The van der Waals surface area contributed by atoms with E-state index in [1.165, 1.54) is 0 Å². The summed E-state index contributed by atoms with van der Waals surface area (Å²) in [6, 6.07) is 18.4. The van der Waals surface area contributed by atoms with Gasteiger partial charge in [-0.1, -0.05) is 54.6 Å². The molecular weight excluding hydrogens is 344 g/mol. The van der Waals surface area contributed by atoms with E-state index in [9.17, 15) is 4.79 Å². The number of nitrogens with one attached hydrogen (secondary N) is 1. The normalized spacial score (nSPS) is 14.1. The second-order valence-corrected chi connectivity index (χ2v) is 6.29. The van der Waals surface area contributed by atoms with Gasteiger partial charge in [-0.25, -0.2) is 4.79 Å². The van der Waals surface area contributed by atoms with Crippen LogP contribution in [0.5, 0.6) is 5.88 Å². The smallest absolute Gasteiger partial charge is 0.449 e. The third kappa shape index (κ3) is 3.66. The van der Waals surface area contributed by atoms with Crippen LogP contribution in [0.15, 0.2) is 60.8 Å². The summed E-state index contributed by atoms with van der Waals surface area (Å²) < 4.78 is 10.4. The zero-order valence-electron chi connectivity index (χ0n) is 14.7. The molecule has 0 unspecified atom stereocenters. The van der Waals surface area contributed by atoms with E-state index in [4.69, 9.17) is 14.6 Å². The van der Waals surface area contributed by atoms with E-state index >= 15 is 0 Å². The van der Waals surface area contributed by atoms with Crippen molar-refractivity contribution in [2.75, 3.05) is 31.2 Å². The second-order valence-electron chi connectivity index (χ2n) is 6.29. The van der Waals surface area contributed by atoms with Gasteiger partial charge < -0.3 is 24.5 Å². The highest BCUT2D eigenvalue weighted by atomic mass is 16.7. The maximum Gasteiger partial charge on any atom is 0.512 e. The van der Waals surface area contributed by atoms with Gasteiger partial charge in [0.15, 0.2) is 0 Å². The highest BCUT2D eigenvalue weighted by Crippen LogP contribution is 2.39. The number of aromatic nitrogens is 1. The Morgan fingerprint density at radius 1 is 0.963 bits per heavy atom. The zero-order chi connectivity index (χ0) is 18.6. The summed E-state index contributed by atoms with van der Waals surface area (Å²) in [5, 5.41) is 9.05. The van der Waals surface area contributed by atoms with Crippen LogP contribution < -0.4 is 9.64 Å². The maximum atomic E-state index is 11.1. The first-order chi connectivity index (χ1) is 13.2. The van der Waals surface area contributed by atoms with Gasteiger partial charge in [0.05, 0.1) is 13.2 Å². The number of H-pyrrole nitrogens is 1. The molecule has 3 aromatic rings. The van der Waals surface area contributed by atoms with Gasteiger partial charge >= 0.3 is 6.16 Å². The molecule has 4 rings (SSSR count). The fourth-order valence-electron chi connectivity index (χ4n) is 3.36. The summed E-state index contributed by atoms with van der Waals surface area (Å²) in [4.78, 5) is 16.1. The molecule has 0 radical (unpaired) electrons. The number of hydrogen-bond acceptors (Lipinski definition) is 4. The molecule has 1 aliphatic rings. The topological polar surface area (TPSA) is 74.8 Å². The monoisotopic (exact) mass is 364 g/mol. The summed E-state index contributed by atoms with van der Waals surface area (Å²) in [6.07, 6.45) is 0.456. The number of nitrogens with zero attached hydrogens (tertiary/aromatic N) is 1.